The summed E-state index contributed by atoms with van der Waals surface area (Å²) in [6.07, 6.45) is -4.42. The van der Waals surface area contributed by atoms with Crippen LogP contribution in [0.4, 0.5) is 18.9 Å². The van der Waals surface area contributed by atoms with Gasteiger partial charge in [0.2, 0.25) is 10.0 Å². The van der Waals surface area contributed by atoms with E-state index in [0.717, 1.165) is 12.1 Å². The molecule has 0 unspecified atom stereocenters. The molecule has 4 rings (SSSR count). The number of alkyl halides is 3. The molecule has 0 saturated carbocycles. The van der Waals surface area contributed by atoms with Gasteiger partial charge in [0.25, 0.3) is 0 Å². The number of sulfonamides is 1. The lowest BCUT2D eigenvalue weighted by Gasteiger charge is -2.35. The Hall–Kier alpha value is -2.46. The molecule has 156 valence electrons. The van der Waals surface area contributed by atoms with Gasteiger partial charge in [0, 0.05) is 37.9 Å². The zero-order chi connectivity index (χ0) is 20.6. The first-order valence-electron chi connectivity index (χ1n) is 9.07. The Labute approximate surface area is 166 Å². The topological polar surface area (TPSA) is 59.1 Å². The Bertz CT molecular complexity index is 1000. The third-order valence-corrected chi connectivity index (χ3v) is 6.82. The van der Waals surface area contributed by atoms with Crippen LogP contribution in [0.1, 0.15) is 5.56 Å². The summed E-state index contributed by atoms with van der Waals surface area (Å²) in [6.45, 7) is 1.71. The van der Waals surface area contributed by atoms with Crippen molar-refractivity contribution in [2.45, 2.75) is 11.1 Å². The molecular weight excluding hydrogens is 409 g/mol. The number of fused-ring (bicyclic) bond motifs is 1. The van der Waals surface area contributed by atoms with Crippen LogP contribution in [0.2, 0.25) is 0 Å². The fourth-order valence-corrected chi connectivity index (χ4v) is 4.84. The van der Waals surface area contributed by atoms with E-state index in [-0.39, 0.29) is 18.0 Å². The van der Waals surface area contributed by atoms with Gasteiger partial charge in [-0.15, -0.1) is 0 Å². The zero-order valence-corrected chi connectivity index (χ0v) is 16.2. The molecule has 2 aliphatic rings. The first-order valence-corrected chi connectivity index (χ1v) is 10.5. The molecule has 2 heterocycles. The highest BCUT2D eigenvalue weighted by molar-refractivity contribution is 7.89. The van der Waals surface area contributed by atoms with E-state index in [1.165, 1.54) is 22.5 Å². The summed E-state index contributed by atoms with van der Waals surface area (Å²) in [5, 5.41) is 0. The third kappa shape index (κ3) is 3.99. The third-order valence-electron chi connectivity index (χ3n) is 4.93. The van der Waals surface area contributed by atoms with Gasteiger partial charge in [-0.25, -0.2) is 8.42 Å². The summed E-state index contributed by atoms with van der Waals surface area (Å²) in [5.41, 5.74) is -0.294. The van der Waals surface area contributed by atoms with Crippen molar-refractivity contribution in [3.05, 3.63) is 48.0 Å². The quantitative estimate of drug-likeness (QED) is 0.753. The second kappa shape index (κ2) is 7.42. The molecule has 0 aliphatic carbocycles. The Balaban J connectivity index is 1.48. The second-order valence-corrected chi connectivity index (χ2v) is 8.68. The predicted molar refractivity (Wildman–Crippen MR) is 99.8 cm³/mol. The first kappa shape index (κ1) is 19.8. The van der Waals surface area contributed by atoms with Gasteiger partial charge in [0.1, 0.15) is 13.2 Å². The smallest absolute Gasteiger partial charge is 0.416 e. The van der Waals surface area contributed by atoms with Crippen molar-refractivity contribution in [1.82, 2.24) is 4.31 Å². The van der Waals surface area contributed by atoms with Crippen LogP contribution in [0.3, 0.4) is 0 Å². The molecule has 2 aliphatic heterocycles. The Morgan fingerprint density at radius 1 is 0.862 bits per heavy atom. The molecule has 0 radical (unpaired) electrons. The Morgan fingerprint density at radius 3 is 2.24 bits per heavy atom. The first-order chi connectivity index (χ1) is 13.7. The zero-order valence-electron chi connectivity index (χ0n) is 15.4. The summed E-state index contributed by atoms with van der Waals surface area (Å²) in [7, 11) is -3.74. The molecule has 29 heavy (non-hydrogen) atoms. The van der Waals surface area contributed by atoms with Gasteiger partial charge in [-0.05, 0) is 30.3 Å². The van der Waals surface area contributed by atoms with E-state index in [2.05, 4.69) is 0 Å². The van der Waals surface area contributed by atoms with Crippen LogP contribution in [0.25, 0.3) is 0 Å². The summed E-state index contributed by atoms with van der Waals surface area (Å²) in [6, 6.07) is 9.55. The van der Waals surface area contributed by atoms with Gasteiger partial charge in [-0.1, -0.05) is 6.07 Å². The molecule has 0 bridgehead atoms. The fraction of sp³-hybridized carbons (Fsp3) is 0.368. The van der Waals surface area contributed by atoms with Gasteiger partial charge in [-0.3, -0.25) is 0 Å². The largest absolute Gasteiger partial charge is 0.486 e. The Kier molecular flexibility index (Phi) is 5.07. The lowest BCUT2D eigenvalue weighted by atomic mass is 10.1. The minimum Gasteiger partial charge on any atom is -0.486 e. The van der Waals surface area contributed by atoms with E-state index >= 15 is 0 Å². The molecule has 2 aromatic carbocycles. The van der Waals surface area contributed by atoms with E-state index in [4.69, 9.17) is 9.47 Å². The summed E-state index contributed by atoms with van der Waals surface area (Å²) in [4.78, 5) is 1.86. The number of benzene rings is 2. The lowest BCUT2D eigenvalue weighted by Crippen LogP contribution is -2.48. The lowest BCUT2D eigenvalue weighted by molar-refractivity contribution is -0.137. The van der Waals surface area contributed by atoms with Gasteiger partial charge in [-0.2, -0.15) is 17.5 Å². The van der Waals surface area contributed by atoms with Gasteiger partial charge < -0.3 is 14.4 Å². The van der Waals surface area contributed by atoms with Crippen LogP contribution >= 0.6 is 0 Å². The number of halogens is 3. The molecule has 6 nitrogen and oxygen atoms in total. The highest BCUT2D eigenvalue weighted by Gasteiger charge is 2.32. The van der Waals surface area contributed by atoms with Crippen molar-refractivity contribution in [1.29, 1.82) is 0 Å². The van der Waals surface area contributed by atoms with Crippen LogP contribution in [0.5, 0.6) is 11.5 Å². The minimum atomic E-state index is -4.42. The van der Waals surface area contributed by atoms with Crippen LogP contribution in [0, 0.1) is 0 Å². The second-order valence-electron chi connectivity index (χ2n) is 6.74. The van der Waals surface area contributed by atoms with Crippen molar-refractivity contribution in [2.24, 2.45) is 0 Å². The van der Waals surface area contributed by atoms with Crippen molar-refractivity contribution in [3.8, 4) is 11.5 Å². The number of ether oxygens (including phenoxy) is 2. The van der Waals surface area contributed by atoms with Crippen LogP contribution in [-0.2, 0) is 16.2 Å². The van der Waals surface area contributed by atoms with Gasteiger partial charge >= 0.3 is 6.18 Å². The number of nitrogens with zero attached hydrogens (tertiary/aromatic N) is 2. The molecule has 1 fully saturated rings. The number of hydrogen-bond donors (Lipinski definition) is 0. The molecule has 0 aromatic heterocycles. The van der Waals surface area contributed by atoms with E-state index in [0.29, 0.717) is 43.5 Å². The number of hydrogen-bond acceptors (Lipinski definition) is 5. The maximum atomic E-state index is 13.0. The molecule has 2 aromatic rings. The van der Waals surface area contributed by atoms with E-state index in [9.17, 15) is 21.6 Å². The van der Waals surface area contributed by atoms with Crippen molar-refractivity contribution < 1.29 is 31.1 Å². The maximum Gasteiger partial charge on any atom is 0.416 e. The molecular formula is C19H19F3N2O4S. The SMILES string of the molecule is O=S(=O)(c1ccc2c(c1)OCCO2)N1CCN(c2cccc(C(F)(F)F)c2)CC1. The van der Waals surface area contributed by atoms with Crippen LogP contribution in [0.15, 0.2) is 47.4 Å². The molecule has 0 spiro atoms. The van der Waals surface area contributed by atoms with Gasteiger partial charge in [0.05, 0.1) is 10.5 Å². The predicted octanol–water partition coefficient (Wildman–Crippen LogP) is 2.99. The van der Waals surface area contributed by atoms with Crippen molar-refractivity contribution >= 4 is 15.7 Å². The molecule has 0 atom stereocenters. The number of anilines is 1. The van der Waals surface area contributed by atoms with Crippen molar-refractivity contribution in [3.63, 3.8) is 0 Å². The fourth-order valence-electron chi connectivity index (χ4n) is 3.40. The van der Waals surface area contributed by atoms with Crippen molar-refractivity contribution in [2.75, 3.05) is 44.3 Å². The minimum absolute atomic E-state index is 0.106. The summed E-state index contributed by atoms with van der Waals surface area (Å²) >= 11 is 0. The van der Waals surface area contributed by atoms with E-state index in [1.54, 1.807) is 17.0 Å². The number of rotatable bonds is 3. The average Bonchev–Trinajstić information content (AvgIpc) is 2.73. The van der Waals surface area contributed by atoms with Crippen LogP contribution < -0.4 is 14.4 Å². The highest BCUT2D eigenvalue weighted by Crippen LogP contribution is 2.34. The molecule has 1 saturated heterocycles. The standard InChI is InChI=1S/C19H19F3N2O4S/c20-19(21,22)14-2-1-3-15(12-14)23-6-8-24(9-7-23)29(25,26)16-4-5-17-18(13-16)28-11-10-27-17/h1-5,12-13H,6-11H2. The summed E-state index contributed by atoms with van der Waals surface area (Å²) < 4.78 is 76.9. The Morgan fingerprint density at radius 2 is 1.55 bits per heavy atom. The molecule has 0 amide bonds. The number of piperazine rings is 1. The van der Waals surface area contributed by atoms with E-state index in [1.807, 2.05) is 0 Å². The van der Waals surface area contributed by atoms with Crippen LogP contribution in [-0.4, -0.2) is 52.1 Å². The normalized spacial score (nSPS) is 18.0. The monoisotopic (exact) mass is 428 g/mol. The molecule has 0 N–H and O–H groups in total. The van der Waals surface area contributed by atoms with Gasteiger partial charge in [0.15, 0.2) is 11.5 Å². The average molecular weight is 428 g/mol. The highest BCUT2D eigenvalue weighted by atomic mass is 32.2. The molecule has 10 heteroatoms. The van der Waals surface area contributed by atoms with E-state index < -0.39 is 21.8 Å². The maximum absolute atomic E-state index is 13.0. The summed E-state index contributed by atoms with van der Waals surface area (Å²) in [5.74, 6) is 0.893.